The smallest absolute Gasteiger partial charge is 0.164 e. The molecule has 0 aliphatic heterocycles. The summed E-state index contributed by atoms with van der Waals surface area (Å²) in [5, 5.41) is 24.3. The van der Waals surface area contributed by atoms with Crippen LogP contribution in [0.15, 0.2) is 458 Å². The lowest BCUT2D eigenvalue weighted by Gasteiger charge is -2.22. The van der Waals surface area contributed by atoms with E-state index in [2.05, 4.69) is 458 Å². The lowest BCUT2D eigenvalue weighted by Crippen LogP contribution is -2.05. The summed E-state index contributed by atoms with van der Waals surface area (Å²) in [6.45, 7) is 0. The normalized spacial score (nSPS) is 13.6. The van der Waals surface area contributed by atoms with E-state index in [0.717, 1.165) is 200 Å². The molecule has 6 heterocycles. The molecule has 0 bridgehead atoms. The molecule has 10 heteroatoms. The van der Waals surface area contributed by atoms with Gasteiger partial charge in [0.1, 0.15) is 16.7 Å². The van der Waals surface area contributed by atoms with E-state index < -0.39 is 0 Å². The van der Waals surface area contributed by atoms with Crippen molar-refractivity contribution in [1.29, 1.82) is 0 Å². The number of para-hydroxylation sites is 3. The lowest BCUT2D eigenvalue weighted by molar-refractivity contribution is 0.650. The Hall–Kier alpha value is -18.9. The molecule has 0 radical (unpaired) electrons. The number of furan rings is 2. The molecule has 23 aromatic carbocycles. The molecule has 0 fully saturated rings. The van der Waals surface area contributed by atoms with Crippen molar-refractivity contribution in [3.05, 3.63) is 482 Å². The molecule has 0 unspecified atom stereocenters. The molecule has 144 heavy (non-hydrogen) atoms. The second-order valence-electron chi connectivity index (χ2n) is 38.8. The van der Waals surface area contributed by atoms with Gasteiger partial charge in [-0.15, -0.1) is 0 Å². The van der Waals surface area contributed by atoms with Crippen molar-refractivity contribution >= 4 is 163 Å². The van der Waals surface area contributed by atoms with Gasteiger partial charge in [-0.3, -0.25) is 0 Å². The van der Waals surface area contributed by atoms with Crippen molar-refractivity contribution in [3.8, 4) is 113 Å². The van der Waals surface area contributed by atoms with Gasteiger partial charge in [0.2, 0.25) is 0 Å². The molecule has 2 atom stereocenters. The van der Waals surface area contributed by atoms with E-state index in [4.69, 9.17) is 38.7 Å². The molecule has 2 aliphatic rings. The summed E-state index contributed by atoms with van der Waals surface area (Å²) in [7, 11) is 0. The van der Waals surface area contributed by atoms with Crippen LogP contribution in [0.4, 0.5) is 0 Å². The van der Waals surface area contributed by atoms with Crippen molar-refractivity contribution in [2.24, 2.45) is 0 Å². The topological polar surface area (TPSA) is 113 Å². The molecule has 0 saturated carbocycles. The second-order valence-corrected chi connectivity index (χ2v) is 38.8. The zero-order valence-electron chi connectivity index (χ0n) is 77.7. The number of fused-ring (bicyclic) bond motifs is 28. The highest BCUT2D eigenvalue weighted by Gasteiger charge is 2.36. The standard InChI is InChI=1S/C134H80N8O2/c1-3-29-81(30-4-1)120-99-43-17-18-44-100(99)121-106(120)48-25-49-108(121)132-138-131(103-46-23-35-77-26-11-14-39-92(77)103)139-134(140-132)109-66-65-102(127-125(109)107-64-55-79-28-13-16-41-95(79)126(107)144-127)96-61-57-89-70-82-31-7-8-32-83(82)72-112(89)122-101(96)63-54-80-52-53-87(73-111(80)122)86-56-60-93-88(71-86)36-24-47-104(93)130-135-129(90-58-62-98-97-42-19-21-50-114(97)141(117(98)76-90)91-37-5-2-6-38-91)136-133(137-130)110-67-69-116(128-124(110)105-45-20-22-51-119(105)143-128)142-115-68-59-78-27-12-15-40-94(78)123(115)113-74-84-33-9-10-34-85(84)75-118(113)142/h1-56,58-60,62-76,96,120H,57,61H2/t96-,120-/m0/s1. The van der Waals surface area contributed by atoms with Gasteiger partial charge in [0.15, 0.2) is 40.5 Å². The van der Waals surface area contributed by atoms with Crippen LogP contribution in [-0.2, 0) is 6.42 Å². The summed E-state index contributed by atoms with van der Waals surface area (Å²) >= 11 is 0. The van der Waals surface area contributed by atoms with Crippen LogP contribution in [0, 0.1) is 0 Å². The SMILES string of the molecule is c1ccc([C@H]2c3ccccc3-c3c(-c4nc(-c5cccc6ccccc56)nc(-c5ccc([C@H]6CCc7cc8ccccc8cc7-c7c6ccc6ccc(-c8ccc9c(-c%10nc(-c%11ccc%12c%13ccccc%13n(-c%13ccccc%13)c%12c%11)nc(-c%11ccc(-n%12c%13cc%14ccccc%14cc%13c%13c%14ccccc%14ccc%13%12)c%12oc%13ccccc%13c%11%12)n%10)cccc9c8)cc76)c6oc7c8ccccc8ccc7c56)n4)cccc32)cc1. The first-order chi connectivity index (χ1) is 71.4. The lowest BCUT2D eigenvalue weighted by atomic mass is 9.82. The van der Waals surface area contributed by atoms with Crippen LogP contribution in [0.1, 0.15) is 51.6 Å². The third kappa shape index (κ3) is 12.2. The highest BCUT2D eigenvalue weighted by molar-refractivity contribution is 6.26. The number of hydrogen-bond donors (Lipinski definition) is 0. The van der Waals surface area contributed by atoms with Gasteiger partial charge in [-0.05, 0) is 235 Å². The highest BCUT2D eigenvalue weighted by Crippen LogP contribution is 2.56. The molecule has 0 amide bonds. The Labute approximate surface area is 825 Å². The van der Waals surface area contributed by atoms with Gasteiger partial charge in [0, 0.05) is 105 Å². The molecule has 10 nitrogen and oxygen atoms in total. The Morgan fingerprint density at radius 3 is 1.52 bits per heavy atom. The summed E-state index contributed by atoms with van der Waals surface area (Å²) in [4.78, 5) is 34.3. The first-order valence-electron chi connectivity index (χ1n) is 49.5. The van der Waals surface area contributed by atoms with Crippen molar-refractivity contribution in [3.63, 3.8) is 0 Å². The average Bonchev–Trinajstić information content (AvgIpc) is 1.61. The number of aryl methyl sites for hydroxylation is 1. The predicted octanol–water partition coefficient (Wildman–Crippen LogP) is 34.7. The first kappa shape index (κ1) is 80.1. The minimum Gasteiger partial charge on any atom is -0.455 e. The van der Waals surface area contributed by atoms with Gasteiger partial charge < -0.3 is 18.0 Å². The Morgan fingerprint density at radius 1 is 0.222 bits per heavy atom. The predicted molar refractivity (Wildman–Crippen MR) is 592 cm³/mol. The Kier molecular flexibility index (Phi) is 17.4. The Morgan fingerprint density at radius 2 is 0.729 bits per heavy atom. The second kappa shape index (κ2) is 31.3. The number of rotatable bonds is 11. The molecule has 29 aromatic rings. The van der Waals surface area contributed by atoms with Crippen LogP contribution in [0.2, 0.25) is 0 Å². The minimum atomic E-state index is -0.144. The molecule has 668 valence electrons. The summed E-state index contributed by atoms with van der Waals surface area (Å²) in [6, 6.07) is 164. The van der Waals surface area contributed by atoms with E-state index in [0.29, 0.717) is 34.9 Å². The highest BCUT2D eigenvalue weighted by atomic mass is 16.3. The molecule has 0 N–H and O–H groups in total. The number of nitrogens with zero attached hydrogens (tertiary/aromatic N) is 8. The number of aromatic nitrogens is 8. The van der Waals surface area contributed by atoms with Crippen LogP contribution in [0.3, 0.4) is 0 Å². The van der Waals surface area contributed by atoms with Crippen molar-refractivity contribution in [2.45, 2.75) is 24.7 Å². The van der Waals surface area contributed by atoms with E-state index >= 15 is 0 Å². The van der Waals surface area contributed by atoms with Crippen molar-refractivity contribution in [2.75, 3.05) is 0 Å². The maximum atomic E-state index is 7.77. The van der Waals surface area contributed by atoms with Gasteiger partial charge >= 0.3 is 0 Å². The summed E-state index contributed by atoms with van der Waals surface area (Å²) in [5.41, 5.74) is 29.0. The minimum absolute atomic E-state index is 0.0246. The summed E-state index contributed by atoms with van der Waals surface area (Å²) in [6.07, 6.45) is 1.63. The number of hydrogen-bond acceptors (Lipinski definition) is 8. The zero-order valence-corrected chi connectivity index (χ0v) is 77.7. The molecular formula is C134H80N8O2. The van der Waals surface area contributed by atoms with Crippen molar-refractivity contribution < 1.29 is 8.83 Å². The van der Waals surface area contributed by atoms with Gasteiger partial charge in [-0.2, -0.15) is 0 Å². The fraction of sp³-hybridized carbons (Fsp3) is 0.0299. The van der Waals surface area contributed by atoms with E-state index in [1.807, 2.05) is 0 Å². The molecule has 0 saturated heterocycles. The molecule has 2 aliphatic carbocycles. The van der Waals surface area contributed by atoms with Crippen LogP contribution < -0.4 is 0 Å². The van der Waals surface area contributed by atoms with Gasteiger partial charge in [0.25, 0.3) is 0 Å². The quantitative estimate of drug-likeness (QED) is 0.126. The fourth-order valence-electron chi connectivity index (χ4n) is 24.6. The maximum absolute atomic E-state index is 7.77. The summed E-state index contributed by atoms with van der Waals surface area (Å²) < 4.78 is 19.9. The first-order valence-corrected chi connectivity index (χ1v) is 49.5. The zero-order chi connectivity index (χ0) is 94.0. The molecular weight excluding hydrogens is 1750 g/mol. The maximum Gasteiger partial charge on any atom is 0.164 e. The third-order valence-electron chi connectivity index (χ3n) is 31.1. The van der Waals surface area contributed by atoms with E-state index in [-0.39, 0.29) is 11.8 Å². The van der Waals surface area contributed by atoms with Crippen LogP contribution in [-0.4, -0.2) is 39.0 Å². The Balaban J connectivity index is 0.580. The summed E-state index contributed by atoms with van der Waals surface area (Å²) in [5.74, 6) is 3.24. The third-order valence-corrected chi connectivity index (χ3v) is 31.1. The number of benzene rings is 23. The van der Waals surface area contributed by atoms with Gasteiger partial charge in [0.05, 0.1) is 27.8 Å². The Bertz CT molecular complexity index is 10600. The average molecular weight is 1830 g/mol. The van der Waals surface area contributed by atoms with Crippen LogP contribution in [0.5, 0.6) is 0 Å². The van der Waals surface area contributed by atoms with E-state index in [9.17, 15) is 0 Å². The molecule has 31 rings (SSSR count). The molecule has 6 aromatic heterocycles. The van der Waals surface area contributed by atoms with Crippen molar-refractivity contribution in [1.82, 2.24) is 39.0 Å². The van der Waals surface area contributed by atoms with Gasteiger partial charge in [-0.1, -0.05) is 358 Å². The van der Waals surface area contributed by atoms with E-state index in [1.165, 1.54) is 87.6 Å². The van der Waals surface area contributed by atoms with Crippen LogP contribution in [0.25, 0.3) is 276 Å². The van der Waals surface area contributed by atoms with Crippen LogP contribution >= 0.6 is 0 Å². The monoisotopic (exact) mass is 1830 g/mol. The fourth-order valence-corrected chi connectivity index (χ4v) is 24.6. The van der Waals surface area contributed by atoms with E-state index in [1.54, 1.807) is 0 Å². The van der Waals surface area contributed by atoms with Gasteiger partial charge in [-0.25, -0.2) is 29.9 Å². The largest absolute Gasteiger partial charge is 0.455 e. The molecule has 0 spiro atoms.